The van der Waals surface area contributed by atoms with Gasteiger partial charge >= 0.3 is 0 Å². The number of nitrogens with zero attached hydrogens (tertiary/aromatic N) is 1. The van der Waals surface area contributed by atoms with Gasteiger partial charge < -0.3 is 9.64 Å². The van der Waals surface area contributed by atoms with E-state index in [1.54, 1.807) is 31.1 Å². The van der Waals surface area contributed by atoms with Crippen molar-refractivity contribution in [3.8, 4) is 5.75 Å². The largest absolute Gasteiger partial charge is 0.496 e. The van der Waals surface area contributed by atoms with Crippen molar-refractivity contribution < 1.29 is 17.9 Å². The minimum Gasteiger partial charge on any atom is -0.496 e. The number of methoxy groups -OCH3 is 1. The van der Waals surface area contributed by atoms with Gasteiger partial charge in [0.05, 0.1) is 12.0 Å². The van der Waals surface area contributed by atoms with Crippen molar-refractivity contribution in [2.75, 3.05) is 18.6 Å². The van der Waals surface area contributed by atoms with E-state index in [-0.39, 0.29) is 17.3 Å². The molecule has 0 spiro atoms. The summed E-state index contributed by atoms with van der Waals surface area (Å²) in [5.74, 6) is 0.770. The van der Waals surface area contributed by atoms with Crippen molar-refractivity contribution in [1.29, 1.82) is 0 Å². The quantitative estimate of drug-likeness (QED) is 0.826. The molecule has 1 aliphatic heterocycles. The first-order valence-electron chi connectivity index (χ1n) is 8.86. The predicted molar refractivity (Wildman–Crippen MR) is 105 cm³/mol. The SMILES string of the molecule is COc1ccc(S(=O)(=O)NCc2cccc(N3CCCC3=O)c2)c(C)c1C. The van der Waals surface area contributed by atoms with E-state index in [4.69, 9.17) is 4.74 Å². The number of hydrogen-bond donors (Lipinski definition) is 1. The van der Waals surface area contributed by atoms with Crippen molar-refractivity contribution in [3.63, 3.8) is 0 Å². The Hall–Kier alpha value is -2.38. The van der Waals surface area contributed by atoms with Gasteiger partial charge in [0.1, 0.15) is 5.75 Å². The summed E-state index contributed by atoms with van der Waals surface area (Å²) in [6.45, 7) is 4.47. The molecule has 6 nitrogen and oxygen atoms in total. The molecule has 1 fully saturated rings. The van der Waals surface area contributed by atoms with Crippen molar-refractivity contribution in [3.05, 3.63) is 53.1 Å². The van der Waals surface area contributed by atoms with Crippen LogP contribution in [0.15, 0.2) is 41.3 Å². The van der Waals surface area contributed by atoms with Crippen molar-refractivity contribution in [2.24, 2.45) is 0 Å². The minimum atomic E-state index is -3.67. The Balaban J connectivity index is 1.78. The number of benzene rings is 2. The Bertz CT molecular complexity index is 970. The Morgan fingerprint density at radius 1 is 1.15 bits per heavy atom. The first-order valence-corrected chi connectivity index (χ1v) is 10.3. The topological polar surface area (TPSA) is 75.7 Å². The average Bonchev–Trinajstić information content (AvgIpc) is 3.08. The van der Waals surface area contributed by atoms with Crippen molar-refractivity contribution in [1.82, 2.24) is 4.72 Å². The van der Waals surface area contributed by atoms with Gasteiger partial charge in [-0.15, -0.1) is 0 Å². The fraction of sp³-hybridized carbons (Fsp3) is 0.350. The molecule has 0 aromatic heterocycles. The van der Waals surface area contributed by atoms with Crippen LogP contribution in [0.5, 0.6) is 5.75 Å². The third-order valence-corrected chi connectivity index (χ3v) is 6.50. The number of anilines is 1. The summed E-state index contributed by atoms with van der Waals surface area (Å²) in [7, 11) is -2.10. The molecule has 0 saturated carbocycles. The lowest BCUT2D eigenvalue weighted by Gasteiger charge is -2.17. The summed E-state index contributed by atoms with van der Waals surface area (Å²) in [5, 5.41) is 0. The number of carbonyl (C=O) groups excluding carboxylic acids is 1. The summed E-state index contributed by atoms with van der Waals surface area (Å²) < 4.78 is 33.4. The van der Waals surface area contributed by atoms with Crippen LogP contribution in [0.2, 0.25) is 0 Å². The maximum atomic E-state index is 12.8. The second kappa shape index (κ2) is 7.70. The summed E-state index contributed by atoms with van der Waals surface area (Å²) in [6.07, 6.45) is 1.42. The van der Waals surface area contributed by atoms with Gasteiger partial charge in [-0.25, -0.2) is 13.1 Å². The third-order valence-electron chi connectivity index (χ3n) is 4.96. The Morgan fingerprint density at radius 3 is 2.59 bits per heavy atom. The fourth-order valence-electron chi connectivity index (χ4n) is 3.29. The normalized spacial score (nSPS) is 14.6. The van der Waals surface area contributed by atoms with Crippen LogP contribution in [-0.4, -0.2) is 28.0 Å². The maximum absolute atomic E-state index is 12.8. The highest BCUT2D eigenvalue weighted by Crippen LogP contribution is 2.27. The second-order valence-electron chi connectivity index (χ2n) is 6.66. The molecule has 2 aromatic carbocycles. The van der Waals surface area contributed by atoms with Crippen LogP contribution in [0.3, 0.4) is 0 Å². The molecule has 7 heteroatoms. The van der Waals surface area contributed by atoms with Gasteiger partial charge in [0.15, 0.2) is 0 Å². The van der Waals surface area contributed by atoms with Gasteiger partial charge in [0.25, 0.3) is 0 Å². The zero-order valence-electron chi connectivity index (χ0n) is 15.8. The molecule has 0 atom stereocenters. The summed E-state index contributed by atoms with van der Waals surface area (Å²) in [6, 6.07) is 10.6. The van der Waals surface area contributed by atoms with Crippen LogP contribution in [0.4, 0.5) is 5.69 Å². The predicted octanol–water partition coefficient (Wildman–Crippen LogP) is 2.92. The maximum Gasteiger partial charge on any atom is 0.241 e. The Labute approximate surface area is 160 Å². The number of amides is 1. The first-order chi connectivity index (χ1) is 12.8. The van der Waals surface area contributed by atoms with Crippen LogP contribution < -0.4 is 14.4 Å². The molecule has 0 bridgehead atoms. The summed E-state index contributed by atoms with van der Waals surface area (Å²) in [5.41, 5.74) is 3.08. The minimum absolute atomic E-state index is 0.108. The number of rotatable bonds is 6. The molecular formula is C20H24N2O4S. The molecule has 1 N–H and O–H groups in total. The van der Waals surface area contributed by atoms with E-state index in [1.165, 1.54) is 0 Å². The van der Waals surface area contributed by atoms with E-state index in [0.29, 0.717) is 24.3 Å². The van der Waals surface area contributed by atoms with Crippen molar-refractivity contribution in [2.45, 2.75) is 38.1 Å². The fourth-order valence-corrected chi connectivity index (χ4v) is 4.61. The van der Waals surface area contributed by atoms with E-state index >= 15 is 0 Å². The first kappa shape index (κ1) is 19.4. The smallest absolute Gasteiger partial charge is 0.241 e. The number of hydrogen-bond acceptors (Lipinski definition) is 4. The van der Waals surface area contributed by atoms with Crippen LogP contribution in [0.1, 0.15) is 29.5 Å². The molecule has 0 radical (unpaired) electrons. The van der Waals surface area contributed by atoms with Gasteiger partial charge in [-0.3, -0.25) is 4.79 Å². The molecule has 2 aromatic rings. The zero-order chi connectivity index (χ0) is 19.6. The molecule has 1 saturated heterocycles. The van der Waals surface area contributed by atoms with Crippen LogP contribution >= 0.6 is 0 Å². The molecule has 1 heterocycles. The second-order valence-corrected chi connectivity index (χ2v) is 8.39. The van der Waals surface area contributed by atoms with E-state index < -0.39 is 10.0 Å². The third kappa shape index (κ3) is 3.99. The van der Waals surface area contributed by atoms with Gasteiger partial charge in [0, 0.05) is 25.2 Å². The molecule has 1 amide bonds. The molecule has 0 aliphatic carbocycles. The molecular weight excluding hydrogens is 364 g/mol. The summed E-state index contributed by atoms with van der Waals surface area (Å²) >= 11 is 0. The molecule has 144 valence electrons. The Morgan fingerprint density at radius 2 is 1.93 bits per heavy atom. The highest BCUT2D eigenvalue weighted by Gasteiger charge is 2.22. The molecule has 27 heavy (non-hydrogen) atoms. The van der Waals surface area contributed by atoms with E-state index in [1.807, 2.05) is 31.2 Å². The van der Waals surface area contributed by atoms with Gasteiger partial charge in [-0.2, -0.15) is 0 Å². The van der Waals surface area contributed by atoms with Gasteiger partial charge in [-0.05, 0) is 61.2 Å². The lowest BCUT2D eigenvalue weighted by Crippen LogP contribution is -2.25. The van der Waals surface area contributed by atoms with E-state index in [0.717, 1.165) is 23.2 Å². The highest BCUT2D eigenvalue weighted by atomic mass is 32.2. The zero-order valence-corrected chi connectivity index (χ0v) is 16.6. The molecule has 1 aliphatic rings. The average molecular weight is 388 g/mol. The number of carbonyl (C=O) groups is 1. The van der Waals surface area contributed by atoms with E-state index in [2.05, 4.69) is 4.72 Å². The van der Waals surface area contributed by atoms with E-state index in [9.17, 15) is 13.2 Å². The van der Waals surface area contributed by atoms with Gasteiger partial charge in [-0.1, -0.05) is 12.1 Å². The molecule has 3 rings (SSSR count). The number of ether oxygens (including phenoxy) is 1. The van der Waals surface area contributed by atoms with Crippen LogP contribution in [-0.2, 0) is 21.4 Å². The highest BCUT2D eigenvalue weighted by molar-refractivity contribution is 7.89. The monoisotopic (exact) mass is 388 g/mol. The lowest BCUT2D eigenvalue weighted by atomic mass is 10.1. The Kier molecular flexibility index (Phi) is 5.53. The van der Waals surface area contributed by atoms with Gasteiger partial charge in [0.2, 0.25) is 15.9 Å². The van der Waals surface area contributed by atoms with Crippen molar-refractivity contribution >= 4 is 21.6 Å². The summed E-state index contributed by atoms with van der Waals surface area (Å²) in [4.78, 5) is 13.9. The van der Waals surface area contributed by atoms with Crippen LogP contribution in [0.25, 0.3) is 0 Å². The lowest BCUT2D eigenvalue weighted by molar-refractivity contribution is -0.117. The number of nitrogens with one attached hydrogen (secondary N) is 1. The number of sulfonamides is 1. The molecule has 0 unspecified atom stereocenters. The standard InChI is InChI=1S/C20H24N2O4S/c1-14-15(2)19(10-9-18(14)26-3)27(24,25)21-13-16-6-4-7-17(12-16)22-11-5-8-20(22)23/h4,6-7,9-10,12,21H,5,8,11,13H2,1-3H3. The van der Waals surface area contributed by atoms with Crippen LogP contribution in [0, 0.1) is 13.8 Å².